The number of nitrogens with two attached hydrogens (primary N) is 1. The quantitative estimate of drug-likeness (QED) is 0.845. The van der Waals surface area contributed by atoms with Crippen LogP contribution in [0.25, 0.3) is 0 Å². The Balaban J connectivity index is 2.55. The van der Waals surface area contributed by atoms with Gasteiger partial charge in [0, 0.05) is 13.1 Å². The number of carbonyl (C=O) groups excluding carboxylic acids is 1. The molecular formula is C14H20ClFN2O. The minimum Gasteiger partial charge on any atom is -0.352 e. The molecule has 1 aromatic carbocycles. The topological polar surface area (TPSA) is 55.1 Å². The molecule has 0 aromatic heterocycles. The summed E-state index contributed by atoms with van der Waals surface area (Å²) in [6.07, 6.45) is 0.756. The second kappa shape index (κ2) is 7.46. The molecule has 0 spiro atoms. The van der Waals surface area contributed by atoms with Crippen molar-refractivity contribution in [2.24, 2.45) is 17.6 Å². The van der Waals surface area contributed by atoms with Crippen molar-refractivity contribution in [1.82, 2.24) is 5.32 Å². The number of rotatable bonds is 6. The second-order valence-corrected chi connectivity index (χ2v) is 5.44. The lowest BCUT2D eigenvalue weighted by atomic mass is 9.96. The third-order valence-corrected chi connectivity index (χ3v) is 3.15. The average Bonchev–Trinajstić information content (AvgIpc) is 2.36. The molecule has 106 valence electrons. The summed E-state index contributed by atoms with van der Waals surface area (Å²) in [6.45, 7) is 4.76. The largest absolute Gasteiger partial charge is 0.352 e. The van der Waals surface area contributed by atoms with Crippen LogP contribution in [0.1, 0.15) is 25.8 Å². The minimum atomic E-state index is -0.462. The number of hydrogen-bond acceptors (Lipinski definition) is 2. The summed E-state index contributed by atoms with van der Waals surface area (Å²) in [7, 11) is 0. The van der Waals surface area contributed by atoms with Crippen LogP contribution in [0.4, 0.5) is 4.39 Å². The lowest BCUT2D eigenvalue weighted by Gasteiger charge is -2.16. The Bertz CT molecular complexity index is 437. The van der Waals surface area contributed by atoms with E-state index in [-0.39, 0.29) is 16.8 Å². The highest BCUT2D eigenvalue weighted by Gasteiger charge is 2.17. The van der Waals surface area contributed by atoms with Gasteiger partial charge in [-0.3, -0.25) is 4.79 Å². The number of amides is 1. The van der Waals surface area contributed by atoms with Crippen LogP contribution in [-0.2, 0) is 11.3 Å². The van der Waals surface area contributed by atoms with E-state index < -0.39 is 5.82 Å². The third-order valence-electron chi connectivity index (χ3n) is 2.86. The molecular weight excluding hydrogens is 267 g/mol. The van der Waals surface area contributed by atoms with E-state index in [1.54, 1.807) is 6.07 Å². The molecule has 0 bridgehead atoms. The maximum Gasteiger partial charge on any atom is 0.224 e. The highest BCUT2D eigenvalue weighted by molar-refractivity contribution is 6.30. The van der Waals surface area contributed by atoms with E-state index in [1.807, 2.05) is 0 Å². The summed E-state index contributed by atoms with van der Waals surface area (Å²) >= 11 is 5.68. The zero-order valence-electron chi connectivity index (χ0n) is 11.2. The number of halogens is 2. The van der Waals surface area contributed by atoms with Crippen LogP contribution >= 0.6 is 11.6 Å². The van der Waals surface area contributed by atoms with Gasteiger partial charge in [0.1, 0.15) is 5.82 Å². The van der Waals surface area contributed by atoms with Crippen molar-refractivity contribution in [3.8, 4) is 0 Å². The molecule has 1 unspecified atom stereocenters. The monoisotopic (exact) mass is 286 g/mol. The lowest BCUT2D eigenvalue weighted by Crippen LogP contribution is -2.35. The summed E-state index contributed by atoms with van der Waals surface area (Å²) in [5.41, 5.74) is 6.37. The van der Waals surface area contributed by atoms with Gasteiger partial charge in [-0.2, -0.15) is 0 Å². The van der Waals surface area contributed by atoms with Crippen LogP contribution in [0.3, 0.4) is 0 Å². The highest BCUT2D eigenvalue weighted by Crippen LogP contribution is 2.16. The Morgan fingerprint density at radius 3 is 2.68 bits per heavy atom. The summed E-state index contributed by atoms with van der Waals surface area (Å²) in [5.74, 6) is -0.302. The Labute approximate surface area is 118 Å². The van der Waals surface area contributed by atoms with Gasteiger partial charge in [0.05, 0.1) is 10.9 Å². The van der Waals surface area contributed by atoms with E-state index in [2.05, 4.69) is 19.2 Å². The van der Waals surface area contributed by atoms with Crippen LogP contribution in [-0.4, -0.2) is 12.5 Å². The SMILES string of the molecule is CC(C)CC(CN)C(=O)NCc1ccc(F)c(Cl)c1. The Morgan fingerprint density at radius 1 is 1.47 bits per heavy atom. The Kier molecular flexibility index (Phi) is 6.25. The predicted molar refractivity (Wildman–Crippen MR) is 75.3 cm³/mol. The highest BCUT2D eigenvalue weighted by atomic mass is 35.5. The van der Waals surface area contributed by atoms with Gasteiger partial charge in [0.15, 0.2) is 0 Å². The van der Waals surface area contributed by atoms with Crippen molar-refractivity contribution in [2.75, 3.05) is 6.54 Å². The first-order valence-electron chi connectivity index (χ1n) is 6.35. The van der Waals surface area contributed by atoms with Gasteiger partial charge in [-0.15, -0.1) is 0 Å². The second-order valence-electron chi connectivity index (χ2n) is 5.03. The fourth-order valence-electron chi connectivity index (χ4n) is 1.86. The first-order valence-corrected chi connectivity index (χ1v) is 6.73. The molecule has 0 aliphatic carbocycles. The molecule has 0 fully saturated rings. The molecule has 3 N–H and O–H groups in total. The Morgan fingerprint density at radius 2 is 2.16 bits per heavy atom. The van der Waals surface area contributed by atoms with Gasteiger partial charge in [-0.05, 0) is 30.0 Å². The molecule has 1 atom stereocenters. The molecule has 0 radical (unpaired) electrons. The van der Waals surface area contributed by atoms with Crippen LogP contribution < -0.4 is 11.1 Å². The fourth-order valence-corrected chi connectivity index (χ4v) is 2.07. The molecule has 0 heterocycles. The smallest absolute Gasteiger partial charge is 0.224 e. The van der Waals surface area contributed by atoms with Crippen LogP contribution in [0.15, 0.2) is 18.2 Å². The van der Waals surface area contributed by atoms with Gasteiger partial charge < -0.3 is 11.1 Å². The van der Waals surface area contributed by atoms with Gasteiger partial charge in [0.2, 0.25) is 5.91 Å². The van der Waals surface area contributed by atoms with Gasteiger partial charge in [-0.25, -0.2) is 4.39 Å². The summed E-state index contributed by atoms with van der Waals surface area (Å²) in [5, 5.41) is 2.86. The molecule has 0 saturated carbocycles. The number of carbonyl (C=O) groups is 1. The van der Waals surface area contributed by atoms with Crippen LogP contribution in [0.5, 0.6) is 0 Å². The fraction of sp³-hybridized carbons (Fsp3) is 0.500. The first-order chi connectivity index (χ1) is 8.93. The molecule has 1 amide bonds. The lowest BCUT2D eigenvalue weighted by molar-refractivity contribution is -0.125. The number of nitrogens with one attached hydrogen (secondary N) is 1. The van der Waals surface area contributed by atoms with Crippen LogP contribution in [0.2, 0.25) is 5.02 Å². The molecule has 1 rings (SSSR count). The van der Waals surface area contributed by atoms with E-state index in [1.165, 1.54) is 12.1 Å². The van der Waals surface area contributed by atoms with E-state index in [0.717, 1.165) is 12.0 Å². The summed E-state index contributed by atoms with van der Waals surface area (Å²) in [6, 6.07) is 4.40. The first kappa shape index (κ1) is 15.9. The maximum atomic E-state index is 13.0. The van der Waals surface area contributed by atoms with Gasteiger partial charge in [-0.1, -0.05) is 31.5 Å². The third kappa shape index (κ3) is 5.17. The van der Waals surface area contributed by atoms with Crippen molar-refractivity contribution in [2.45, 2.75) is 26.8 Å². The molecule has 1 aromatic rings. The number of hydrogen-bond donors (Lipinski definition) is 2. The average molecular weight is 287 g/mol. The molecule has 0 saturated heterocycles. The molecule has 0 aliphatic heterocycles. The summed E-state index contributed by atoms with van der Waals surface area (Å²) < 4.78 is 13.0. The normalized spacial score (nSPS) is 12.5. The van der Waals surface area contributed by atoms with E-state index in [0.29, 0.717) is 19.0 Å². The standard InChI is InChI=1S/C14H20ClFN2O/c1-9(2)5-11(7-17)14(19)18-8-10-3-4-13(16)12(15)6-10/h3-4,6,9,11H,5,7-8,17H2,1-2H3,(H,18,19). The van der Waals surface area contributed by atoms with E-state index >= 15 is 0 Å². The van der Waals surface area contributed by atoms with E-state index in [4.69, 9.17) is 17.3 Å². The molecule has 5 heteroatoms. The van der Waals surface area contributed by atoms with Crippen LogP contribution in [0, 0.1) is 17.7 Å². The maximum absolute atomic E-state index is 13.0. The molecule has 3 nitrogen and oxygen atoms in total. The molecule has 19 heavy (non-hydrogen) atoms. The zero-order valence-corrected chi connectivity index (χ0v) is 12.0. The minimum absolute atomic E-state index is 0.0595. The number of benzene rings is 1. The van der Waals surface area contributed by atoms with Crippen molar-refractivity contribution in [1.29, 1.82) is 0 Å². The van der Waals surface area contributed by atoms with Crippen molar-refractivity contribution in [3.05, 3.63) is 34.6 Å². The van der Waals surface area contributed by atoms with Crippen molar-refractivity contribution in [3.63, 3.8) is 0 Å². The zero-order chi connectivity index (χ0) is 14.4. The van der Waals surface area contributed by atoms with Gasteiger partial charge in [0.25, 0.3) is 0 Å². The predicted octanol–water partition coefficient (Wildman–Crippen LogP) is 2.72. The van der Waals surface area contributed by atoms with Gasteiger partial charge >= 0.3 is 0 Å². The van der Waals surface area contributed by atoms with Crippen molar-refractivity contribution >= 4 is 17.5 Å². The van der Waals surface area contributed by atoms with Crippen molar-refractivity contribution < 1.29 is 9.18 Å². The summed E-state index contributed by atoms with van der Waals surface area (Å²) in [4.78, 5) is 11.9. The van der Waals surface area contributed by atoms with E-state index in [9.17, 15) is 9.18 Å². The Hall–Kier alpha value is -1.13. The molecule has 0 aliphatic rings.